The first kappa shape index (κ1) is 12.1. The Hall–Kier alpha value is -0.960. The van der Waals surface area contributed by atoms with Crippen LogP contribution < -0.4 is 5.73 Å². The van der Waals surface area contributed by atoms with Gasteiger partial charge in [-0.1, -0.05) is 27.7 Å². The summed E-state index contributed by atoms with van der Waals surface area (Å²) in [4.78, 5) is 8.85. The van der Waals surface area contributed by atoms with Gasteiger partial charge in [0.15, 0.2) is 0 Å². The van der Waals surface area contributed by atoms with Crippen molar-refractivity contribution in [2.24, 2.45) is 5.73 Å². The Labute approximate surface area is 92.1 Å². The fourth-order valence-corrected chi connectivity index (χ4v) is 1.50. The molecule has 0 spiro atoms. The highest BCUT2D eigenvalue weighted by Crippen LogP contribution is 2.23. The molecule has 1 rings (SSSR count). The minimum absolute atomic E-state index is 0.370. The second-order valence-electron chi connectivity index (χ2n) is 4.32. The summed E-state index contributed by atoms with van der Waals surface area (Å²) in [6.45, 7) is 8.41. The molecule has 0 amide bonds. The monoisotopic (exact) mass is 207 g/mol. The van der Waals surface area contributed by atoms with Crippen molar-refractivity contribution in [3.8, 4) is 0 Å². The largest absolute Gasteiger partial charge is 0.319 e. The van der Waals surface area contributed by atoms with E-state index < -0.39 is 0 Å². The van der Waals surface area contributed by atoms with Crippen LogP contribution in [0.25, 0.3) is 0 Å². The van der Waals surface area contributed by atoms with Crippen LogP contribution in [0.3, 0.4) is 0 Å². The topological polar surface area (TPSA) is 51.8 Å². The minimum Gasteiger partial charge on any atom is -0.319 e. The fraction of sp³-hybridized carbons (Fsp3) is 0.667. The molecule has 1 aromatic rings. The van der Waals surface area contributed by atoms with Gasteiger partial charge in [-0.15, -0.1) is 0 Å². The van der Waals surface area contributed by atoms with Crippen LogP contribution in [-0.4, -0.2) is 9.97 Å². The third-order valence-electron chi connectivity index (χ3n) is 2.98. The lowest BCUT2D eigenvalue weighted by atomic mass is 9.93. The van der Waals surface area contributed by atoms with Crippen LogP contribution in [0.4, 0.5) is 0 Å². The van der Waals surface area contributed by atoms with Gasteiger partial charge in [0.25, 0.3) is 0 Å². The molecule has 1 aromatic heterocycles. The van der Waals surface area contributed by atoms with Gasteiger partial charge in [-0.05, 0) is 24.8 Å². The zero-order valence-corrected chi connectivity index (χ0v) is 10.1. The third-order valence-corrected chi connectivity index (χ3v) is 2.98. The average Bonchev–Trinajstić information content (AvgIpc) is 2.28. The van der Waals surface area contributed by atoms with Gasteiger partial charge in [0.05, 0.1) is 5.54 Å². The van der Waals surface area contributed by atoms with E-state index in [2.05, 4.69) is 37.7 Å². The van der Waals surface area contributed by atoms with Gasteiger partial charge in [0, 0.05) is 11.9 Å². The molecule has 0 saturated carbocycles. The maximum absolute atomic E-state index is 6.26. The van der Waals surface area contributed by atoms with Crippen molar-refractivity contribution in [1.29, 1.82) is 0 Å². The first-order valence-electron chi connectivity index (χ1n) is 5.65. The Bertz CT molecular complexity index is 316. The van der Waals surface area contributed by atoms with Gasteiger partial charge in [-0.2, -0.15) is 0 Å². The predicted molar refractivity (Wildman–Crippen MR) is 62.6 cm³/mol. The molecule has 0 fully saturated rings. The van der Waals surface area contributed by atoms with Gasteiger partial charge < -0.3 is 5.73 Å². The Morgan fingerprint density at radius 3 is 2.40 bits per heavy atom. The van der Waals surface area contributed by atoms with Gasteiger partial charge >= 0.3 is 0 Å². The third kappa shape index (κ3) is 2.53. The van der Waals surface area contributed by atoms with Gasteiger partial charge in [-0.3, -0.25) is 0 Å². The number of rotatable bonds is 4. The second kappa shape index (κ2) is 4.71. The van der Waals surface area contributed by atoms with E-state index in [1.165, 1.54) is 0 Å². The van der Waals surface area contributed by atoms with Crippen LogP contribution in [0.15, 0.2) is 12.3 Å². The molecule has 0 aliphatic rings. The maximum Gasteiger partial charge on any atom is 0.148 e. The number of hydrogen-bond donors (Lipinski definition) is 1. The second-order valence-corrected chi connectivity index (χ2v) is 4.32. The van der Waals surface area contributed by atoms with Crippen molar-refractivity contribution in [3.05, 3.63) is 23.8 Å². The van der Waals surface area contributed by atoms with Crippen molar-refractivity contribution in [2.75, 3.05) is 0 Å². The van der Waals surface area contributed by atoms with Gasteiger partial charge in [0.1, 0.15) is 5.82 Å². The summed E-state index contributed by atoms with van der Waals surface area (Å²) in [5.41, 5.74) is 6.96. The number of aromatic nitrogens is 2. The molecule has 1 heterocycles. The van der Waals surface area contributed by atoms with Crippen LogP contribution in [0.2, 0.25) is 0 Å². The Morgan fingerprint density at radius 1 is 1.33 bits per heavy atom. The van der Waals surface area contributed by atoms with Crippen molar-refractivity contribution >= 4 is 0 Å². The zero-order chi connectivity index (χ0) is 11.5. The highest BCUT2D eigenvalue weighted by molar-refractivity contribution is 5.12. The molecule has 0 bridgehead atoms. The lowest BCUT2D eigenvalue weighted by Crippen LogP contribution is -2.37. The number of nitrogens with zero attached hydrogens (tertiary/aromatic N) is 2. The molecule has 3 heteroatoms. The standard InChI is InChI=1S/C12H21N3/c1-5-12(13,6-2)11-14-8-7-10(15-11)9(3)4/h7-9H,5-6,13H2,1-4H3. The summed E-state index contributed by atoms with van der Waals surface area (Å²) in [6.07, 6.45) is 3.54. The number of nitrogens with two attached hydrogens (primary N) is 1. The molecule has 0 atom stereocenters. The summed E-state index contributed by atoms with van der Waals surface area (Å²) < 4.78 is 0. The molecular formula is C12H21N3. The van der Waals surface area contributed by atoms with E-state index in [-0.39, 0.29) is 5.54 Å². The summed E-state index contributed by atoms with van der Waals surface area (Å²) in [5, 5.41) is 0. The van der Waals surface area contributed by atoms with Gasteiger partial charge in [0.2, 0.25) is 0 Å². The van der Waals surface area contributed by atoms with Crippen molar-refractivity contribution in [3.63, 3.8) is 0 Å². The van der Waals surface area contributed by atoms with Crippen molar-refractivity contribution in [1.82, 2.24) is 9.97 Å². The molecule has 0 aliphatic carbocycles. The van der Waals surface area contributed by atoms with Gasteiger partial charge in [-0.25, -0.2) is 9.97 Å². The molecule has 0 radical (unpaired) electrons. The van der Waals surface area contributed by atoms with Crippen LogP contribution in [0.5, 0.6) is 0 Å². The molecule has 0 saturated heterocycles. The Morgan fingerprint density at radius 2 is 1.93 bits per heavy atom. The SMILES string of the molecule is CCC(N)(CC)c1nccc(C(C)C)n1. The minimum atomic E-state index is -0.370. The van der Waals surface area contributed by atoms with E-state index in [1.54, 1.807) is 0 Å². The summed E-state index contributed by atoms with van der Waals surface area (Å²) in [7, 11) is 0. The van der Waals surface area contributed by atoms with Crippen molar-refractivity contribution < 1.29 is 0 Å². The highest BCUT2D eigenvalue weighted by atomic mass is 15.0. The summed E-state index contributed by atoms with van der Waals surface area (Å²) >= 11 is 0. The number of hydrogen-bond acceptors (Lipinski definition) is 3. The molecule has 0 unspecified atom stereocenters. The van der Waals surface area contributed by atoms with Crippen LogP contribution in [0.1, 0.15) is 58.0 Å². The first-order valence-corrected chi connectivity index (χ1v) is 5.65. The van der Waals surface area contributed by atoms with E-state index in [1.807, 2.05) is 12.3 Å². The molecule has 15 heavy (non-hydrogen) atoms. The molecule has 2 N–H and O–H groups in total. The predicted octanol–water partition coefficient (Wildman–Crippen LogP) is 2.57. The molecule has 0 aliphatic heterocycles. The van der Waals surface area contributed by atoms with Crippen LogP contribution in [-0.2, 0) is 5.54 Å². The maximum atomic E-state index is 6.26. The van der Waals surface area contributed by atoms with E-state index in [0.717, 1.165) is 24.4 Å². The Balaban J connectivity index is 3.09. The van der Waals surface area contributed by atoms with E-state index in [0.29, 0.717) is 5.92 Å². The van der Waals surface area contributed by atoms with E-state index in [9.17, 15) is 0 Å². The lowest BCUT2D eigenvalue weighted by Gasteiger charge is -2.25. The summed E-state index contributed by atoms with van der Waals surface area (Å²) in [6, 6.07) is 1.96. The smallest absolute Gasteiger partial charge is 0.148 e. The van der Waals surface area contributed by atoms with Crippen LogP contribution >= 0.6 is 0 Å². The summed E-state index contributed by atoms with van der Waals surface area (Å²) in [5.74, 6) is 1.20. The zero-order valence-electron chi connectivity index (χ0n) is 10.1. The van der Waals surface area contributed by atoms with E-state index >= 15 is 0 Å². The highest BCUT2D eigenvalue weighted by Gasteiger charge is 2.26. The molecule has 0 aromatic carbocycles. The molecule has 3 nitrogen and oxygen atoms in total. The van der Waals surface area contributed by atoms with Crippen LogP contribution in [0, 0.1) is 0 Å². The first-order chi connectivity index (χ1) is 7.03. The molecule has 84 valence electrons. The normalized spacial score (nSPS) is 12.1. The quantitative estimate of drug-likeness (QED) is 0.825. The fourth-order valence-electron chi connectivity index (χ4n) is 1.50. The van der Waals surface area contributed by atoms with E-state index in [4.69, 9.17) is 5.73 Å². The lowest BCUT2D eigenvalue weighted by molar-refractivity contribution is 0.385. The van der Waals surface area contributed by atoms with Crippen molar-refractivity contribution in [2.45, 2.75) is 52.0 Å². The molecular weight excluding hydrogens is 186 g/mol. The average molecular weight is 207 g/mol. The Kier molecular flexibility index (Phi) is 3.80.